The van der Waals surface area contributed by atoms with E-state index >= 15 is 0 Å². The van der Waals surface area contributed by atoms with E-state index in [2.05, 4.69) is 10.2 Å². The lowest BCUT2D eigenvalue weighted by molar-refractivity contribution is 0.238. The minimum Gasteiger partial charge on any atom is -0.325 e. The van der Waals surface area contributed by atoms with Crippen LogP contribution in [0.25, 0.3) is 0 Å². The number of nitrogens with two attached hydrogens (primary N) is 1. The normalized spacial score (nSPS) is 28.1. The van der Waals surface area contributed by atoms with E-state index in [0.717, 1.165) is 25.9 Å². The van der Waals surface area contributed by atoms with Crippen LogP contribution >= 0.6 is 0 Å². The summed E-state index contributed by atoms with van der Waals surface area (Å²) >= 11 is 0. The van der Waals surface area contributed by atoms with Gasteiger partial charge in [0, 0.05) is 5.54 Å². The highest BCUT2D eigenvalue weighted by molar-refractivity contribution is 4.90. The fourth-order valence-electron chi connectivity index (χ4n) is 2.56. The predicted octanol–water partition coefficient (Wildman–Crippen LogP) is 0.553. The maximum absolute atomic E-state index is 6.37. The number of rotatable bonds is 3. The minimum absolute atomic E-state index is 0.133. The fraction of sp³-hybridized carbons (Fsp3) is 1.00. The molecule has 2 aliphatic heterocycles. The fourth-order valence-corrected chi connectivity index (χ4v) is 2.56. The van der Waals surface area contributed by atoms with Gasteiger partial charge in [-0.05, 0) is 64.8 Å². The van der Waals surface area contributed by atoms with Crippen molar-refractivity contribution in [3.63, 3.8) is 0 Å². The van der Waals surface area contributed by atoms with Gasteiger partial charge in [-0.25, -0.2) is 0 Å². The van der Waals surface area contributed by atoms with Crippen LogP contribution in [-0.2, 0) is 0 Å². The predicted molar refractivity (Wildman–Crippen MR) is 59.3 cm³/mol. The van der Waals surface area contributed by atoms with Gasteiger partial charge in [0.25, 0.3) is 0 Å². The Morgan fingerprint density at radius 3 is 2.43 bits per heavy atom. The second-order valence-electron chi connectivity index (χ2n) is 4.91. The molecule has 14 heavy (non-hydrogen) atoms. The molecule has 2 rings (SSSR count). The molecule has 3 heteroatoms. The van der Waals surface area contributed by atoms with Gasteiger partial charge in [-0.1, -0.05) is 0 Å². The van der Waals surface area contributed by atoms with E-state index in [-0.39, 0.29) is 5.54 Å². The molecular weight excluding hydrogens is 174 g/mol. The molecule has 0 aromatic heterocycles. The van der Waals surface area contributed by atoms with Crippen molar-refractivity contribution in [3.05, 3.63) is 0 Å². The number of hydrogen-bond donors (Lipinski definition) is 2. The third-order valence-corrected chi connectivity index (χ3v) is 3.72. The van der Waals surface area contributed by atoms with Gasteiger partial charge < -0.3 is 16.0 Å². The Balaban J connectivity index is 1.72. The van der Waals surface area contributed by atoms with Gasteiger partial charge >= 0.3 is 0 Å². The number of likely N-dealkylation sites (tertiary alicyclic amines) is 1. The maximum Gasteiger partial charge on any atom is 0.0190 e. The topological polar surface area (TPSA) is 41.3 Å². The van der Waals surface area contributed by atoms with Crippen molar-refractivity contribution in [2.24, 2.45) is 5.73 Å². The van der Waals surface area contributed by atoms with E-state index in [1.807, 2.05) is 0 Å². The van der Waals surface area contributed by atoms with E-state index in [4.69, 9.17) is 5.73 Å². The Bertz CT molecular complexity index is 169. The zero-order valence-electron chi connectivity index (χ0n) is 9.10. The third-order valence-electron chi connectivity index (χ3n) is 3.72. The SMILES string of the molecule is NC1(CCN2CCCC2)CCNCC1. The average Bonchev–Trinajstić information content (AvgIpc) is 2.69. The zero-order valence-corrected chi connectivity index (χ0v) is 9.10. The molecule has 2 fully saturated rings. The first-order chi connectivity index (χ1) is 6.79. The number of hydrogen-bond acceptors (Lipinski definition) is 3. The van der Waals surface area contributed by atoms with E-state index in [1.54, 1.807) is 0 Å². The second kappa shape index (κ2) is 4.60. The van der Waals surface area contributed by atoms with Crippen LogP contribution in [0.4, 0.5) is 0 Å². The van der Waals surface area contributed by atoms with Gasteiger partial charge in [-0.3, -0.25) is 0 Å². The number of piperidine rings is 1. The third kappa shape index (κ3) is 2.69. The Morgan fingerprint density at radius 2 is 1.79 bits per heavy atom. The van der Waals surface area contributed by atoms with Gasteiger partial charge in [-0.15, -0.1) is 0 Å². The summed E-state index contributed by atoms with van der Waals surface area (Å²) in [5, 5.41) is 3.37. The van der Waals surface area contributed by atoms with Crippen molar-refractivity contribution < 1.29 is 0 Å². The van der Waals surface area contributed by atoms with Crippen LogP contribution < -0.4 is 11.1 Å². The smallest absolute Gasteiger partial charge is 0.0190 e. The lowest BCUT2D eigenvalue weighted by Gasteiger charge is -2.35. The Kier molecular flexibility index (Phi) is 3.42. The zero-order chi connectivity index (χ0) is 9.86. The first-order valence-corrected chi connectivity index (χ1v) is 6.01. The maximum atomic E-state index is 6.37. The van der Waals surface area contributed by atoms with Crippen molar-refractivity contribution in [2.75, 3.05) is 32.7 Å². The highest BCUT2D eigenvalue weighted by atomic mass is 15.1. The molecule has 0 aliphatic carbocycles. The van der Waals surface area contributed by atoms with Gasteiger partial charge in [0.05, 0.1) is 0 Å². The summed E-state index contributed by atoms with van der Waals surface area (Å²) in [5.74, 6) is 0. The quantitative estimate of drug-likeness (QED) is 0.694. The standard InChI is InChI=1S/C11H23N3/c12-11(3-6-13-7-4-11)5-10-14-8-1-2-9-14/h13H,1-10,12H2. The summed E-state index contributed by atoms with van der Waals surface area (Å²) in [7, 11) is 0. The molecule has 0 unspecified atom stereocenters. The van der Waals surface area contributed by atoms with Crippen LogP contribution in [0.5, 0.6) is 0 Å². The summed E-state index contributed by atoms with van der Waals surface area (Å²) in [5.41, 5.74) is 6.50. The molecule has 0 saturated carbocycles. The van der Waals surface area contributed by atoms with Crippen molar-refractivity contribution in [1.29, 1.82) is 0 Å². The van der Waals surface area contributed by atoms with Crippen LogP contribution in [0.3, 0.4) is 0 Å². The Labute approximate surface area is 87.0 Å². The van der Waals surface area contributed by atoms with Crippen LogP contribution in [0.1, 0.15) is 32.1 Å². The highest BCUT2D eigenvalue weighted by Gasteiger charge is 2.27. The Hall–Kier alpha value is -0.120. The van der Waals surface area contributed by atoms with Gasteiger partial charge in [-0.2, -0.15) is 0 Å². The highest BCUT2D eigenvalue weighted by Crippen LogP contribution is 2.20. The molecule has 0 amide bonds. The largest absolute Gasteiger partial charge is 0.325 e. The van der Waals surface area contributed by atoms with E-state index in [1.165, 1.54) is 38.9 Å². The van der Waals surface area contributed by atoms with E-state index in [0.29, 0.717) is 0 Å². The molecule has 2 aliphatic rings. The summed E-state index contributed by atoms with van der Waals surface area (Å²) in [4.78, 5) is 2.57. The molecule has 0 aromatic carbocycles. The Morgan fingerprint density at radius 1 is 1.14 bits per heavy atom. The molecule has 0 spiro atoms. The number of nitrogens with one attached hydrogen (secondary N) is 1. The van der Waals surface area contributed by atoms with Crippen LogP contribution in [-0.4, -0.2) is 43.2 Å². The van der Waals surface area contributed by atoms with Crippen molar-refractivity contribution in [2.45, 2.75) is 37.6 Å². The van der Waals surface area contributed by atoms with Gasteiger partial charge in [0.2, 0.25) is 0 Å². The summed E-state index contributed by atoms with van der Waals surface area (Å²) in [6, 6.07) is 0. The second-order valence-corrected chi connectivity index (χ2v) is 4.91. The van der Waals surface area contributed by atoms with E-state index in [9.17, 15) is 0 Å². The molecule has 0 bridgehead atoms. The van der Waals surface area contributed by atoms with E-state index < -0.39 is 0 Å². The van der Waals surface area contributed by atoms with Crippen LogP contribution in [0.2, 0.25) is 0 Å². The lowest BCUT2D eigenvalue weighted by Crippen LogP contribution is -2.50. The number of nitrogens with zero attached hydrogens (tertiary/aromatic N) is 1. The minimum atomic E-state index is 0.133. The summed E-state index contributed by atoms with van der Waals surface area (Å²) in [6.07, 6.45) is 6.27. The molecule has 0 aromatic rings. The molecule has 2 heterocycles. The molecule has 0 atom stereocenters. The first kappa shape index (κ1) is 10.4. The van der Waals surface area contributed by atoms with Crippen molar-refractivity contribution in [3.8, 4) is 0 Å². The molecular formula is C11H23N3. The summed E-state index contributed by atoms with van der Waals surface area (Å²) in [6.45, 7) is 6.03. The molecule has 82 valence electrons. The molecule has 2 saturated heterocycles. The van der Waals surface area contributed by atoms with Gasteiger partial charge in [0.1, 0.15) is 0 Å². The van der Waals surface area contributed by atoms with Crippen LogP contribution in [0, 0.1) is 0 Å². The monoisotopic (exact) mass is 197 g/mol. The molecule has 0 radical (unpaired) electrons. The molecule has 3 N–H and O–H groups in total. The van der Waals surface area contributed by atoms with Crippen molar-refractivity contribution >= 4 is 0 Å². The summed E-state index contributed by atoms with van der Waals surface area (Å²) < 4.78 is 0. The lowest BCUT2D eigenvalue weighted by atomic mass is 9.86. The van der Waals surface area contributed by atoms with Crippen LogP contribution in [0.15, 0.2) is 0 Å². The van der Waals surface area contributed by atoms with Gasteiger partial charge in [0.15, 0.2) is 0 Å². The van der Waals surface area contributed by atoms with Crippen molar-refractivity contribution in [1.82, 2.24) is 10.2 Å². The molecule has 3 nitrogen and oxygen atoms in total. The first-order valence-electron chi connectivity index (χ1n) is 6.01. The average molecular weight is 197 g/mol.